The number of benzene rings is 2. The number of hydrogen-bond acceptors (Lipinski definition) is 4. The molecule has 0 aromatic heterocycles. The first kappa shape index (κ1) is 19.4. The summed E-state index contributed by atoms with van der Waals surface area (Å²) in [5, 5.41) is 2.87. The second-order valence-electron chi connectivity index (χ2n) is 7.29. The number of hydrogen-bond donors (Lipinski definition) is 1. The minimum absolute atomic E-state index is 0.149. The Labute approximate surface area is 170 Å². The van der Waals surface area contributed by atoms with Gasteiger partial charge in [-0.15, -0.1) is 0 Å². The van der Waals surface area contributed by atoms with Crippen LogP contribution in [0.15, 0.2) is 48.5 Å². The van der Waals surface area contributed by atoms with Gasteiger partial charge in [0.05, 0.1) is 11.4 Å². The van der Waals surface area contributed by atoms with Crippen LogP contribution in [0.5, 0.6) is 0 Å². The van der Waals surface area contributed by atoms with Crippen LogP contribution in [0.1, 0.15) is 35.2 Å². The van der Waals surface area contributed by atoms with Gasteiger partial charge in [0.1, 0.15) is 0 Å². The topological polar surface area (TPSA) is 86.8 Å². The van der Waals surface area contributed by atoms with Crippen LogP contribution in [-0.4, -0.2) is 39.1 Å². The van der Waals surface area contributed by atoms with Gasteiger partial charge in [-0.3, -0.25) is 13.9 Å². The predicted octanol–water partition coefficient (Wildman–Crippen LogP) is 2.28. The molecule has 2 amide bonds. The second kappa shape index (κ2) is 7.87. The Morgan fingerprint density at radius 1 is 0.931 bits per heavy atom. The summed E-state index contributed by atoms with van der Waals surface area (Å²) in [6.07, 6.45) is 2.11. The summed E-state index contributed by atoms with van der Waals surface area (Å²) in [7, 11) is -3.22. The van der Waals surface area contributed by atoms with E-state index in [9.17, 15) is 18.0 Å². The molecule has 0 spiro atoms. The zero-order valence-corrected chi connectivity index (χ0v) is 16.8. The molecule has 0 atom stereocenters. The van der Waals surface area contributed by atoms with Crippen LogP contribution in [-0.2, 0) is 21.4 Å². The monoisotopic (exact) mass is 413 g/mol. The van der Waals surface area contributed by atoms with Crippen LogP contribution in [0.3, 0.4) is 0 Å². The number of amides is 2. The number of anilines is 2. The molecule has 0 aliphatic carbocycles. The highest BCUT2D eigenvalue weighted by Gasteiger charge is 2.28. The Morgan fingerprint density at radius 2 is 1.62 bits per heavy atom. The van der Waals surface area contributed by atoms with E-state index in [1.165, 1.54) is 4.31 Å². The maximum Gasteiger partial charge on any atom is 0.251 e. The molecule has 0 bridgehead atoms. The van der Waals surface area contributed by atoms with Crippen molar-refractivity contribution >= 4 is 33.2 Å². The van der Waals surface area contributed by atoms with Crippen molar-refractivity contribution in [3.63, 3.8) is 0 Å². The van der Waals surface area contributed by atoms with Gasteiger partial charge in [0.2, 0.25) is 15.9 Å². The molecule has 29 heavy (non-hydrogen) atoms. The first-order valence-electron chi connectivity index (χ1n) is 9.72. The van der Waals surface area contributed by atoms with Gasteiger partial charge in [0.15, 0.2) is 0 Å². The van der Waals surface area contributed by atoms with E-state index in [0.29, 0.717) is 37.2 Å². The predicted molar refractivity (Wildman–Crippen MR) is 111 cm³/mol. The number of sulfonamides is 1. The van der Waals surface area contributed by atoms with Crippen LogP contribution in [0.4, 0.5) is 11.4 Å². The molecule has 152 valence electrons. The molecule has 2 heterocycles. The summed E-state index contributed by atoms with van der Waals surface area (Å²) in [5.74, 6) is 0.0933. The average molecular weight is 413 g/mol. The molecule has 0 unspecified atom stereocenters. The zero-order chi connectivity index (χ0) is 20.4. The van der Waals surface area contributed by atoms with E-state index < -0.39 is 10.0 Å². The fourth-order valence-corrected chi connectivity index (χ4v) is 5.27. The molecule has 2 fully saturated rings. The molecule has 4 rings (SSSR count). The molecule has 2 aromatic carbocycles. The quantitative estimate of drug-likeness (QED) is 0.815. The molecular formula is C21H23N3O4S. The first-order valence-corrected chi connectivity index (χ1v) is 11.3. The minimum atomic E-state index is -3.22. The number of nitrogens with zero attached hydrogens (tertiary/aromatic N) is 2. The van der Waals surface area contributed by atoms with E-state index in [2.05, 4.69) is 5.32 Å². The smallest absolute Gasteiger partial charge is 0.251 e. The number of rotatable bonds is 5. The highest BCUT2D eigenvalue weighted by atomic mass is 32.2. The lowest BCUT2D eigenvalue weighted by molar-refractivity contribution is -0.117. The molecule has 7 nitrogen and oxygen atoms in total. The van der Waals surface area contributed by atoms with E-state index in [0.717, 1.165) is 24.2 Å². The molecule has 2 aliphatic heterocycles. The van der Waals surface area contributed by atoms with Gasteiger partial charge in [-0.05, 0) is 54.8 Å². The van der Waals surface area contributed by atoms with Gasteiger partial charge in [0.25, 0.3) is 5.91 Å². The van der Waals surface area contributed by atoms with Crippen LogP contribution < -0.4 is 14.5 Å². The Balaban J connectivity index is 1.35. The Bertz CT molecular complexity index is 1020. The summed E-state index contributed by atoms with van der Waals surface area (Å²) < 4.78 is 25.4. The van der Waals surface area contributed by atoms with E-state index in [1.807, 2.05) is 24.3 Å². The number of carbonyl (C=O) groups is 2. The Kier molecular flexibility index (Phi) is 5.27. The fraction of sp³-hybridized carbons (Fsp3) is 0.333. The largest absolute Gasteiger partial charge is 0.348 e. The van der Waals surface area contributed by atoms with Crippen molar-refractivity contribution in [2.45, 2.75) is 25.8 Å². The van der Waals surface area contributed by atoms with Crippen molar-refractivity contribution in [1.82, 2.24) is 5.32 Å². The van der Waals surface area contributed by atoms with Gasteiger partial charge in [-0.1, -0.05) is 12.1 Å². The third kappa shape index (κ3) is 4.12. The highest BCUT2D eigenvalue weighted by Crippen LogP contribution is 2.24. The van der Waals surface area contributed by atoms with Gasteiger partial charge in [-0.2, -0.15) is 0 Å². The number of carbonyl (C=O) groups excluding carboxylic acids is 2. The van der Waals surface area contributed by atoms with Crippen molar-refractivity contribution in [1.29, 1.82) is 0 Å². The van der Waals surface area contributed by atoms with Gasteiger partial charge >= 0.3 is 0 Å². The lowest BCUT2D eigenvalue weighted by Gasteiger charge is -2.17. The summed E-state index contributed by atoms with van der Waals surface area (Å²) in [5.41, 5.74) is 2.89. The van der Waals surface area contributed by atoms with Crippen molar-refractivity contribution in [3.8, 4) is 0 Å². The summed E-state index contributed by atoms with van der Waals surface area (Å²) >= 11 is 0. The second-order valence-corrected chi connectivity index (χ2v) is 9.30. The highest BCUT2D eigenvalue weighted by molar-refractivity contribution is 7.93. The molecule has 0 saturated carbocycles. The van der Waals surface area contributed by atoms with Crippen LogP contribution in [0.25, 0.3) is 0 Å². The van der Waals surface area contributed by atoms with Crippen LogP contribution in [0.2, 0.25) is 0 Å². The van der Waals surface area contributed by atoms with E-state index in [4.69, 9.17) is 0 Å². The third-order valence-electron chi connectivity index (χ3n) is 5.29. The van der Waals surface area contributed by atoms with Gasteiger partial charge in [0, 0.05) is 37.3 Å². The normalized spacial score (nSPS) is 18.3. The molecule has 8 heteroatoms. The average Bonchev–Trinajstić information content (AvgIpc) is 3.31. The van der Waals surface area contributed by atoms with Crippen LogP contribution in [0, 0.1) is 0 Å². The fourth-order valence-electron chi connectivity index (χ4n) is 3.71. The summed E-state index contributed by atoms with van der Waals surface area (Å²) in [6.45, 7) is 1.60. The van der Waals surface area contributed by atoms with Crippen molar-refractivity contribution < 1.29 is 18.0 Å². The van der Waals surface area contributed by atoms with Gasteiger partial charge < -0.3 is 10.2 Å². The maximum absolute atomic E-state index is 12.4. The Morgan fingerprint density at radius 3 is 2.21 bits per heavy atom. The molecule has 0 radical (unpaired) electrons. The van der Waals surface area contributed by atoms with Crippen molar-refractivity contribution in [3.05, 3.63) is 59.7 Å². The molecule has 2 aliphatic rings. The molecule has 2 aromatic rings. The Hall–Kier alpha value is -2.87. The lowest BCUT2D eigenvalue weighted by Crippen LogP contribution is -2.26. The standard InChI is InChI=1S/C21H23N3O4S/c25-20-3-1-12-23(20)18-8-4-16(5-9-18)15-22-21(26)17-6-10-19(11-7-17)24-13-2-14-29(24,27)28/h4-11H,1-3,12-15H2,(H,22,26). The SMILES string of the molecule is O=C(NCc1ccc(N2CCCC2=O)cc1)c1ccc(N2CCCS2(=O)=O)cc1. The van der Waals surface area contributed by atoms with Gasteiger partial charge in [-0.25, -0.2) is 8.42 Å². The molecule has 1 N–H and O–H groups in total. The van der Waals surface area contributed by atoms with E-state index >= 15 is 0 Å². The molecular weight excluding hydrogens is 390 g/mol. The summed E-state index contributed by atoms with van der Waals surface area (Å²) in [6, 6.07) is 14.2. The van der Waals surface area contributed by atoms with E-state index in [-0.39, 0.29) is 17.6 Å². The van der Waals surface area contributed by atoms with Crippen molar-refractivity contribution in [2.75, 3.05) is 28.0 Å². The van der Waals surface area contributed by atoms with Crippen molar-refractivity contribution in [2.24, 2.45) is 0 Å². The first-order chi connectivity index (χ1) is 13.9. The maximum atomic E-state index is 12.4. The van der Waals surface area contributed by atoms with Crippen LogP contribution >= 0.6 is 0 Å². The minimum Gasteiger partial charge on any atom is -0.348 e. The van der Waals surface area contributed by atoms with E-state index in [1.54, 1.807) is 29.2 Å². The molecule has 2 saturated heterocycles. The third-order valence-corrected chi connectivity index (χ3v) is 7.16. The zero-order valence-electron chi connectivity index (χ0n) is 16.0. The lowest BCUT2D eigenvalue weighted by atomic mass is 10.1. The number of nitrogens with one attached hydrogen (secondary N) is 1. The summed E-state index contributed by atoms with van der Waals surface area (Å²) in [4.78, 5) is 26.0.